The Morgan fingerprint density at radius 1 is 1.35 bits per heavy atom. The summed E-state index contributed by atoms with van der Waals surface area (Å²) in [7, 11) is 2.16. The number of rotatable bonds is 4. The van der Waals surface area contributed by atoms with Crippen molar-refractivity contribution in [3.8, 4) is 0 Å². The normalized spacial score (nSPS) is 27.2. The summed E-state index contributed by atoms with van der Waals surface area (Å²) >= 11 is 0. The van der Waals surface area contributed by atoms with Gasteiger partial charge < -0.3 is 15.5 Å². The first-order chi connectivity index (χ1) is 8.25. The van der Waals surface area contributed by atoms with Gasteiger partial charge in [-0.15, -0.1) is 0 Å². The van der Waals surface area contributed by atoms with Gasteiger partial charge in [0.15, 0.2) is 0 Å². The van der Waals surface area contributed by atoms with E-state index in [-0.39, 0.29) is 11.9 Å². The monoisotopic (exact) mass is 240 g/mol. The Morgan fingerprint density at radius 3 is 2.76 bits per heavy atom. The molecule has 0 aliphatic carbocycles. The van der Waals surface area contributed by atoms with E-state index in [0.29, 0.717) is 0 Å². The molecule has 2 N–H and O–H groups in total. The Morgan fingerprint density at radius 2 is 2.12 bits per heavy atom. The smallest absolute Gasteiger partial charge is 0.237 e. The fourth-order valence-corrected chi connectivity index (χ4v) is 2.44. The highest BCUT2D eigenvalue weighted by molar-refractivity contribution is 5.81. The van der Waals surface area contributed by atoms with Crippen LogP contribution in [0.15, 0.2) is 0 Å². The molecule has 5 heteroatoms. The van der Waals surface area contributed by atoms with Gasteiger partial charge in [0.05, 0.1) is 6.04 Å². The lowest BCUT2D eigenvalue weighted by Crippen LogP contribution is -2.48. The average Bonchev–Trinajstić information content (AvgIpc) is 2.85. The molecule has 2 heterocycles. The van der Waals surface area contributed by atoms with Crippen LogP contribution in [0.5, 0.6) is 0 Å². The highest BCUT2D eigenvalue weighted by Crippen LogP contribution is 2.04. The van der Waals surface area contributed by atoms with Gasteiger partial charge in [-0.3, -0.25) is 9.69 Å². The minimum atomic E-state index is 0.0579. The van der Waals surface area contributed by atoms with Gasteiger partial charge in [-0.05, 0) is 26.4 Å². The predicted octanol–water partition coefficient (Wildman–Crippen LogP) is -0.898. The molecule has 1 amide bonds. The number of likely N-dealkylation sites (N-methyl/N-ethyl adjacent to an activating group) is 1. The van der Waals surface area contributed by atoms with Crippen LogP contribution in [-0.2, 0) is 4.79 Å². The number of carbonyl (C=O) groups is 1. The molecule has 2 rings (SSSR count). The van der Waals surface area contributed by atoms with E-state index in [1.54, 1.807) is 0 Å². The first-order valence-electron chi connectivity index (χ1n) is 6.68. The van der Waals surface area contributed by atoms with Crippen LogP contribution in [-0.4, -0.2) is 74.6 Å². The quantitative estimate of drug-likeness (QED) is 0.669. The topological polar surface area (TPSA) is 47.6 Å². The summed E-state index contributed by atoms with van der Waals surface area (Å²) in [5, 5.41) is 6.24. The predicted molar refractivity (Wildman–Crippen MR) is 68.0 cm³/mol. The SMILES string of the molecule is CN1CCN(CCNC(=O)C2CCCN2)CC1. The fraction of sp³-hybridized carbons (Fsp3) is 0.917. The zero-order chi connectivity index (χ0) is 12.1. The summed E-state index contributed by atoms with van der Waals surface area (Å²) in [5.41, 5.74) is 0. The minimum Gasteiger partial charge on any atom is -0.353 e. The Kier molecular flexibility index (Phi) is 4.76. The van der Waals surface area contributed by atoms with Crippen molar-refractivity contribution in [2.75, 3.05) is 52.9 Å². The number of amides is 1. The highest BCUT2D eigenvalue weighted by atomic mass is 16.2. The lowest BCUT2D eigenvalue weighted by atomic mass is 10.2. The number of nitrogens with zero attached hydrogens (tertiary/aromatic N) is 2. The van der Waals surface area contributed by atoms with Gasteiger partial charge in [-0.1, -0.05) is 0 Å². The zero-order valence-electron chi connectivity index (χ0n) is 10.7. The molecule has 0 radical (unpaired) electrons. The second-order valence-corrected chi connectivity index (χ2v) is 5.08. The molecule has 0 aromatic carbocycles. The molecule has 0 bridgehead atoms. The molecule has 0 spiro atoms. The van der Waals surface area contributed by atoms with Crippen LogP contribution < -0.4 is 10.6 Å². The van der Waals surface area contributed by atoms with Crippen molar-refractivity contribution in [1.29, 1.82) is 0 Å². The molecular weight excluding hydrogens is 216 g/mol. The average molecular weight is 240 g/mol. The molecule has 98 valence electrons. The van der Waals surface area contributed by atoms with Gasteiger partial charge in [-0.2, -0.15) is 0 Å². The summed E-state index contributed by atoms with van der Waals surface area (Å²) in [4.78, 5) is 16.5. The minimum absolute atomic E-state index is 0.0579. The summed E-state index contributed by atoms with van der Waals surface area (Å²) < 4.78 is 0. The molecule has 0 saturated carbocycles. The summed E-state index contributed by atoms with van der Waals surface area (Å²) in [5.74, 6) is 0.177. The summed E-state index contributed by atoms with van der Waals surface area (Å²) in [6.45, 7) is 7.25. The molecule has 2 aliphatic rings. The van der Waals surface area contributed by atoms with Crippen molar-refractivity contribution < 1.29 is 4.79 Å². The third kappa shape index (κ3) is 3.94. The lowest BCUT2D eigenvalue weighted by Gasteiger charge is -2.32. The standard InChI is InChI=1S/C12H24N4O/c1-15-7-9-16(10-8-15)6-5-14-12(17)11-3-2-4-13-11/h11,13H,2-10H2,1H3,(H,14,17). The second kappa shape index (κ2) is 6.33. The van der Waals surface area contributed by atoms with Gasteiger partial charge >= 0.3 is 0 Å². The van der Waals surface area contributed by atoms with Crippen LogP contribution in [0.1, 0.15) is 12.8 Å². The number of hydrogen-bond donors (Lipinski definition) is 2. The molecule has 0 aromatic heterocycles. The first kappa shape index (κ1) is 12.8. The molecule has 1 unspecified atom stereocenters. The maximum atomic E-state index is 11.7. The second-order valence-electron chi connectivity index (χ2n) is 5.08. The molecule has 1 atom stereocenters. The van der Waals surface area contributed by atoms with Gasteiger partial charge in [0.25, 0.3) is 0 Å². The van der Waals surface area contributed by atoms with Gasteiger partial charge in [0.2, 0.25) is 5.91 Å². The largest absolute Gasteiger partial charge is 0.353 e. The molecular formula is C12H24N4O. The van der Waals surface area contributed by atoms with Gasteiger partial charge in [0.1, 0.15) is 0 Å². The van der Waals surface area contributed by atoms with E-state index in [1.165, 1.54) is 0 Å². The molecule has 2 fully saturated rings. The van der Waals surface area contributed by atoms with E-state index in [0.717, 1.165) is 58.7 Å². The van der Waals surface area contributed by atoms with Gasteiger partial charge in [-0.25, -0.2) is 0 Å². The molecule has 0 aromatic rings. The Balaban J connectivity index is 1.57. The van der Waals surface area contributed by atoms with Crippen LogP contribution in [0.25, 0.3) is 0 Å². The molecule has 5 nitrogen and oxygen atoms in total. The highest BCUT2D eigenvalue weighted by Gasteiger charge is 2.21. The van der Waals surface area contributed by atoms with Crippen molar-refractivity contribution in [2.45, 2.75) is 18.9 Å². The van der Waals surface area contributed by atoms with Crippen LogP contribution in [0.4, 0.5) is 0 Å². The Labute approximate surface area is 104 Å². The first-order valence-corrected chi connectivity index (χ1v) is 6.68. The van der Waals surface area contributed by atoms with Crippen molar-refractivity contribution >= 4 is 5.91 Å². The van der Waals surface area contributed by atoms with E-state index in [9.17, 15) is 4.79 Å². The third-order valence-electron chi connectivity index (χ3n) is 3.70. The molecule has 2 aliphatic heterocycles. The van der Waals surface area contributed by atoms with E-state index in [4.69, 9.17) is 0 Å². The van der Waals surface area contributed by atoms with E-state index >= 15 is 0 Å². The molecule has 2 saturated heterocycles. The number of piperazine rings is 1. The zero-order valence-corrected chi connectivity index (χ0v) is 10.7. The number of hydrogen-bond acceptors (Lipinski definition) is 4. The van der Waals surface area contributed by atoms with Gasteiger partial charge in [0, 0.05) is 39.3 Å². The fourth-order valence-electron chi connectivity index (χ4n) is 2.44. The third-order valence-corrected chi connectivity index (χ3v) is 3.70. The number of carbonyl (C=O) groups excluding carboxylic acids is 1. The lowest BCUT2D eigenvalue weighted by molar-refractivity contribution is -0.122. The van der Waals surface area contributed by atoms with E-state index in [1.807, 2.05) is 0 Å². The van der Waals surface area contributed by atoms with Crippen LogP contribution in [0, 0.1) is 0 Å². The Hall–Kier alpha value is -0.650. The van der Waals surface area contributed by atoms with Crippen LogP contribution >= 0.6 is 0 Å². The Bertz CT molecular complexity index is 245. The van der Waals surface area contributed by atoms with Crippen molar-refractivity contribution in [3.05, 3.63) is 0 Å². The number of nitrogens with one attached hydrogen (secondary N) is 2. The van der Waals surface area contributed by atoms with Crippen molar-refractivity contribution in [3.63, 3.8) is 0 Å². The van der Waals surface area contributed by atoms with Crippen molar-refractivity contribution in [2.24, 2.45) is 0 Å². The summed E-state index contributed by atoms with van der Waals surface area (Å²) in [6.07, 6.45) is 2.11. The summed E-state index contributed by atoms with van der Waals surface area (Å²) in [6, 6.07) is 0.0579. The van der Waals surface area contributed by atoms with E-state index < -0.39 is 0 Å². The maximum Gasteiger partial charge on any atom is 0.237 e. The molecule has 17 heavy (non-hydrogen) atoms. The van der Waals surface area contributed by atoms with Crippen LogP contribution in [0.3, 0.4) is 0 Å². The van der Waals surface area contributed by atoms with Crippen molar-refractivity contribution in [1.82, 2.24) is 20.4 Å². The van der Waals surface area contributed by atoms with Crippen LogP contribution in [0.2, 0.25) is 0 Å². The maximum absolute atomic E-state index is 11.7. The van der Waals surface area contributed by atoms with E-state index in [2.05, 4.69) is 27.5 Å².